The molecule has 3 nitrogen and oxygen atoms in total. The molecule has 0 bridgehead atoms. The largest absolute Gasteiger partial charge is 0.236 e. The molecule has 17 heavy (non-hydrogen) atoms. The van der Waals surface area contributed by atoms with Crippen LogP contribution >= 0.6 is 11.6 Å². The SMILES string of the molecule is CC(C)c1cc(C#N)nn1-c1cccc(Cl)c1. The lowest BCUT2D eigenvalue weighted by molar-refractivity contribution is 0.733. The molecule has 0 unspecified atom stereocenters. The predicted octanol–water partition coefficient (Wildman–Crippen LogP) is 3.52. The third-order valence-corrected chi connectivity index (χ3v) is 2.73. The number of rotatable bonds is 2. The number of nitrogens with zero attached hydrogens (tertiary/aromatic N) is 3. The van der Waals surface area contributed by atoms with Crippen LogP contribution in [-0.4, -0.2) is 9.78 Å². The summed E-state index contributed by atoms with van der Waals surface area (Å²) in [6.45, 7) is 4.14. The van der Waals surface area contributed by atoms with E-state index in [2.05, 4.69) is 25.0 Å². The summed E-state index contributed by atoms with van der Waals surface area (Å²) in [5.74, 6) is 0.295. The maximum Gasteiger partial charge on any atom is 0.163 e. The molecule has 0 N–H and O–H groups in total. The van der Waals surface area contributed by atoms with Crippen LogP contribution in [0.5, 0.6) is 0 Å². The van der Waals surface area contributed by atoms with Gasteiger partial charge in [0, 0.05) is 10.7 Å². The molecular weight excluding hydrogens is 234 g/mol. The molecule has 1 aromatic carbocycles. The number of aromatic nitrogens is 2. The highest BCUT2D eigenvalue weighted by Gasteiger charge is 2.12. The van der Waals surface area contributed by atoms with E-state index >= 15 is 0 Å². The van der Waals surface area contributed by atoms with Crippen LogP contribution in [0.1, 0.15) is 31.2 Å². The highest BCUT2D eigenvalue weighted by molar-refractivity contribution is 6.30. The first-order valence-corrected chi connectivity index (χ1v) is 5.75. The van der Waals surface area contributed by atoms with Gasteiger partial charge in [0.05, 0.1) is 5.69 Å². The van der Waals surface area contributed by atoms with Crippen LogP contribution in [-0.2, 0) is 0 Å². The Morgan fingerprint density at radius 2 is 2.12 bits per heavy atom. The van der Waals surface area contributed by atoms with Crippen molar-refractivity contribution in [3.63, 3.8) is 0 Å². The minimum Gasteiger partial charge on any atom is -0.236 e. The fourth-order valence-electron chi connectivity index (χ4n) is 1.68. The van der Waals surface area contributed by atoms with Crippen LogP contribution < -0.4 is 0 Å². The molecule has 0 saturated carbocycles. The number of nitriles is 1. The van der Waals surface area contributed by atoms with Gasteiger partial charge < -0.3 is 0 Å². The first kappa shape index (κ1) is 11.7. The fraction of sp³-hybridized carbons (Fsp3) is 0.231. The fourth-order valence-corrected chi connectivity index (χ4v) is 1.86. The van der Waals surface area contributed by atoms with Crippen molar-refractivity contribution in [1.29, 1.82) is 5.26 Å². The summed E-state index contributed by atoms with van der Waals surface area (Å²) in [4.78, 5) is 0. The lowest BCUT2D eigenvalue weighted by Gasteiger charge is -2.09. The lowest BCUT2D eigenvalue weighted by Crippen LogP contribution is -2.03. The molecule has 0 aliphatic heterocycles. The highest BCUT2D eigenvalue weighted by atomic mass is 35.5. The molecule has 0 spiro atoms. The first-order valence-electron chi connectivity index (χ1n) is 5.38. The third kappa shape index (κ3) is 2.32. The van der Waals surface area contributed by atoms with Crippen molar-refractivity contribution in [2.24, 2.45) is 0 Å². The Labute approximate surface area is 105 Å². The zero-order valence-corrected chi connectivity index (χ0v) is 10.4. The molecule has 0 fully saturated rings. The van der Waals surface area contributed by atoms with Crippen LogP contribution in [0.2, 0.25) is 5.02 Å². The van der Waals surface area contributed by atoms with Crippen LogP contribution in [0.15, 0.2) is 30.3 Å². The van der Waals surface area contributed by atoms with Crippen molar-refractivity contribution in [1.82, 2.24) is 9.78 Å². The average Bonchev–Trinajstić information content (AvgIpc) is 2.73. The Morgan fingerprint density at radius 1 is 1.35 bits per heavy atom. The van der Waals surface area contributed by atoms with E-state index in [0.29, 0.717) is 16.6 Å². The van der Waals surface area contributed by atoms with Gasteiger partial charge in [-0.2, -0.15) is 10.4 Å². The molecule has 1 aromatic heterocycles. The van der Waals surface area contributed by atoms with Gasteiger partial charge in [-0.3, -0.25) is 0 Å². The van der Waals surface area contributed by atoms with Crippen molar-refractivity contribution in [2.75, 3.05) is 0 Å². The molecule has 0 aliphatic rings. The summed E-state index contributed by atoms with van der Waals surface area (Å²) in [6.07, 6.45) is 0. The van der Waals surface area contributed by atoms with Crippen molar-refractivity contribution in [2.45, 2.75) is 19.8 Å². The van der Waals surface area contributed by atoms with Crippen molar-refractivity contribution >= 4 is 11.6 Å². The summed E-state index contributed by atoms with van der Waals surface area (Å²) in [6, 6.07) is 11.3. The maximum atomic E-state index is 8.91. The molecule has 0 atom stereocenters. The second-order valence-electron chi connectivity index (χ2n) is 4.11. The van der Waals surface area contributed by atoms with Gasteiger partial charge in [-0.15, -0.1) is 0 Å². The van der Waals surface area contributed by atoms with Crippen LogP contribution in [0.3, 0.4) is 0 Å². The van der Waals surface area contributed by atoms with Crippen molar-refractivity contribution in [3.8, 4) is 11.8 Å². The molecule has 1 heterocycles. The van der Waals surface area contributed by atoms with Crippen molar-refractivity contribution in [3.05, 3.63) is 46.7 Å². The molecule has 0 radical (unpaired) electrons. The quantitative estimate of drug-likeness (QED) is 0.812. The molecule has 2 aromatic rings. The van der Waals surface area contributed by atoms with Gasteiger partial charge in [0.25, 0.3) is 0 Å². The number of halogens is 1. The van der Waals surface area contributed by atoms with Crippen LogP contribution in [0.25, 0.3) is 5.69 Å². The van der Waals surface area contributed by atoms with E-state index in [1.165, 1.54) is 0 Å². The Hall–Kier alpha value is -1.79. The summed E-state index contributed by atoms with van der Waals surface area (Å²) in [5.41, 5.74) is 2.31. The summed E-state index contributed by atoms with van der Waals surface area (Å²) >= 11 is 5.96. The van der Waals surface area contributed by atoms with Crippen molar-refractivity contribution < 1.29 is 0 Å². The van der Waals surface area contributed by atoms with Gasteiger partial charge in [0.15, 0.2) is 5.69 Å². The minimum absolute atomic E-state index is 0.295. The Bertz CT molecular complexity index is 579. The van der Waals surface area contributed by atoms with Gasteiger partial charge in [0.1, 0.15) is 6.07 Å². The summed E-state index contributed by atoms with van der Waals surface area (Å²) < 4.78 is 1.77. The summed E-state index contributed by atoms with van der Waals surface area (Å²) in [5, 5.41) is 13.8. The van der Waals surface area contributed by atoms with Gasteiger partial charge in [-0.05, 0) is 30.2 Å². The second-order valence-corrected chi connectivity index (χ2v) is 4.55. The van der Waals surface area contributed by atoms with Crippen LogP contribution in [0, 0.1) is 11.3 Å². The summed E-state index contributed by atoms with van der Waals surface area (Å²) in [7, 11) is 0. The lowest BCUT2D eigenvalue weighted by atomic mass is 10.1. The van der Waals surface area contributed by atoms with Gasteiger partial charge in [-0.1, -0.05) is 31.5 Å². The molecule has 0 aliphatic carbocycles. The van der Waals surface area contributed by atoms with E-state index in [1.54, 1.807) is 4.68 Å². The Balaban J connectivity index is 2.58. The Kier molecular flexibility index (Phi) is 3.16. The maximum absolute atomic E-state index is 8.91. The van der Waals surface area contributed by atoms with E-state index < -0.39 is 0 Å². The third-order valence-electron chi connectivity index (χ3n) is 2.50. The van der Waals surface area contributed by atoms with E-state index in [0.717, 1.165) is 11.4 Å². The zero-order chi connectivity index (χ0) is 12.4. The topological polar surface area (TPSA) is 41.6 Å². The molecule has 4 heteroatoms. The Morgan fingerprint density at radius 3 is 2.71 bits per heavy atom. The smallest absolute Gasteiger partial charge is 0.163 e. The van der Waals surface area contributed by atoms with Gasteiger partial charge >= 0.3 is 0 Å². The molecule has 0 saturated heterocycles. The van der Waals surface area contributed by atoms with E-state index in [4.69, 9.17) is 16.9 Å². The second kappa shape index (κ2) is 4.60. The normalized spacial score (nSPS) is 10.5. The number of hydrogen-bond donors (Lipinski definition) is 0. The molecular formula is C13H12ClN3. The number of benzene rings is 1. The van der Waals surface area contributed by atoms with Crippen LogP contribution in [0.4, 0.5) is 0 Å². The van der Waals surface area contributed by atoms with E-state index in [-0.39, 0.29) is 0 Å². The molecule has 86 valence electrons. The zero-order valence-electron chi connectivity index (χ0n) is 9.68. The minimum atomic E-state index is 0.295. The highest BCUT2D eigenvalue weighted by Crippen LogP contribution is 2.21. The molecule has 2 rings (SSSR count). The van der Waals surface area contributed by atoms with Gasteiger partial charge in [-0.25, -0.2) is 4.68 Å². The number of hydrogen-bond acceptors (Lipinski definition) is 2. The predicted molar refractivity (Wildman–Crippen MR) is 67.4 cm³/mol. The van der Waals surface area contributed by atoms with E-state index in [9.17, 15) is 0 Å². The monoisotopic (exact) mass is 245 g/mol. The van der Waals surface area contributed by atoms with Gasteiger partial charge in [0.2, 0.25) is 0 Å². The first-order chi connectivity index (χ1) is 8.11. The molecule has 0 amide bonds. The standard InChI is InChI=1S/C13H12ClN3/c1-9(2)13-7-11(8-15)16-17(13)12-5-3-4-10(14)6-12/h3-7,9H,1-2H3. The van der Waals surface area contributed by atoms with E-state index in [1.807, 2.05) is 30.3 Å². The average molecular weight is 246 g/mol.